The average molecular weight is 310 g/mol. The molecular weight excluding hydrogens is 296 g/mol. The molecule has 1 aliphatic heterocycles. The third-order valence-electron chi connectivity index (χ3n) is 3.55. The number of aryl methyl sites for hydroxylation is 1. The van der Waals surface area contributed by atoms with E-state index in [9.17, 15) is 8.78 Å². The fraction of sp³-hybridized carbons (Fsp3) is 0.250. The minimum atomic E-state index is -0.600. The van der Waals surface area contributed by atoms with Gasteiger partial charge in [0.05, 0.1) is 6.54 Å². The summed E-state index contributed by atoms with van der Waals surface area (Å²) in [6, 6.07) is 8.09. The molecule has 1 atom stereocenters. The van der Waals surface area contributed by atoms with Crippen LogP contribution in [0.4, 0.5) is 14.5 Å². The molecule has 1 N–H and O–H groups in total. The van der Waals surface area contributed by atoms with Gasteiger partial charge in [-0.15, -0.1) is 0 Å². The van der Waals surface area contributed by atoms with E-state index in [-0.39, 0.29) is 11.8 Å². The number of fused-ring (bicyclic) bond motifs is 1. The molecule has 1 heterocycles. The van der Waals surface area contributed by atoms with Crippen molar-refractivity contribution in [1.29, 1.82) is 0 Å². The van der Waals surface area contributed by atoms with Gasteiger partial charge in [-0.05, 0) is 42.3 Å². The van der Waals surface area contributed by atoms with Crippen molar-refractivity contribution in [2.45, 2.75) is 19.4 Å². The standard InChI is InChI=1S/C16H14ClF2NO/c1-9-2-4-13(18)16(15(9)19)20-8-12-7-10-6-11(17)3-5-14(10)21-12/h2-6,12,20H,7-8H2,1H3. The van der Waals surface area contributed by atoms with Crippen molar-refractivity contribution in [2.24, 2.45) is 0 Å². The molecule has 1 unspecified atom stereocenters. The molecule has 1 aliphatic rings. The highest BCUT2D eigenvalue weighted by atomic mass is 35.5. The number of anilines is 1. The van der Waals surface area contributed by atoms with E-state index in [1.165, 1.54) is 12.1 Å². The van der Waals surface area contributed by atoms with Crippen LogP contribution in [0.15, 0.2) is 30.3 Å². The van der Waals surface area contributed by atoms with Crippen molar-refractivity contribution in [2.75, 3.05) is 11.9 Å². The number of benzene rings is 2. The van der Waals surface area contributed by atoms with E-state index in [0.29, 0.717) is 23.6 Å². The van der Waals surface area contributed by atoms with Crippen LogP contribution in [0.5, 0.6) is 5.75 Å². The molecule has 2 aromatic carbocycles. The maximum Gasteiger partial charge on any atom is 0.152 e. The van der Waals surface area contributed by atoms with Gasteiger partial charge in [0.1, 0.15) is 23.4 Å². The minimum Gasteiger partial charge on any atom is -0.488 e. The molecule has 0 fully saturated rings. The number of ether oxygens (including phenoxy) is 1. The molecule has 2 aromatic rings. The first-order chi connectivity index (χ1) is 10.0. The summed E-state index contributed by atoms with van der Waals surface area (Å²) in [5.41, 5.74) is 1.31. The van der Waals surface area contributed by atoms with Gasteiger partial charge in [-0.1, -0.05) is 17.7 Å². The largest absolute Gasteiger partial charge is 0.488 e. The lowest BCUT2D eigenvalue weighted by atomic mass is 10.1. The summed E-state index contributed by atoms with van der Waals surface area (Å²) in [6.07, 6.45) is 0.496. The predicted molar refractivity (Wildman–Crippen MR) is 79.2 cm³/mol. The third kappa shape index (κ3) is 2.81. The van der Waals surface area contributed by atoms with Crippen LogP contribution in [0.1, 0.15) is 11.1 Å². The predicted octanol–water partition coefficient (Wildman–Crippen LogP) is 4.34. The van der Waals surface area contributed by atoms with Gasteiger partial charge in [0.15, 0.2) is 5.82 Å². The summed E-state index contributed by atoms with van der Waals surface area (Å²) in [6.45, 7) is 1.92. The third-order valence-corrected chi connectivity index (χ3v) is 3.79. The van der Waals surface area contributed by atoms with Gasteiger partial charge < -0.3 is 10.1 Å². The Morgan fingerprint density at radius 2 is 2.10 bits per heavy atom. The Bertz CT molecular complexity index is 690. The first kappa shape index (κ1) is 14.1. The Morgan fingerprint density at radius 1 is 1.29 bits per heavy atom. The highest BCUT2D eigenvalue weighted by Crippen LogP contribution is 2.31. The summed E-state index contributed by atoms with van der Waals surface area (Å²) >= 11 is 5.93. The van der Waals surface area contributed by atoms with E-state index in [1.807, 2.05) is 12.1 Å². The van der Waals surface area contributed by atoms with Gasteiger partial charge in [0.2, 0.25) is 0 Å². The van der Waals surface area contributed by atoms with Crippen LogP contribution in [-0.2, 0) is 6.42 Å². The maximum absolute atomic E-state index is 13.9. The topological polar surface area (TPSA) is 21.3 Å². The summed E-state index contributed by atoms with van der Waals surface area (Å²) in [4.78, 5) is 0. The van der Waals surface area contributed by atoms with Crippen LogP contribution in [0.3, 0.4) is 0 Å². The lowest BCUT2D eigenvalue weighted by molar-refractivity contribution is 0.246. The van der Waals surface area contributed by atoms with Crippen LogP contribution in [-0.4, -0.2) is 12.6 Å². The van der Waals surface area contributed by atoms with Gasteiger partial charge in [-0.25, -0.2) is 8.78 Å². The molecule has 2 nitrogen and oxygen atoms in total. The molecule has 5 heteroatoms. The van der Waals surface area contributed by atoms with E-state index < -0.39 is 11.6 Å². The quantitative estimate of drug-likeness (QED) is 0.910. The normalized spacial score (nSPS) is 16.5. The van der Waals surface area contributed by atoms with Crippen LogP contribution in [0, 0.1) is 18.6 Å². The number of rotatable bonds is 3. The lowest BCUT2D eigenvalue weighted by Crippen LogP contribution is -2.24. The zero-order valence-corrected chi connectivity index (χ0v) is 12.2. The lowest BCUT2D eigenvalue weighted by Gasteiger charge is -2.14. The molecule has 3 rings (SSSR count). The number of hydrogen-bond donors (Lipinski definition) is 1. The van der Waals surface area contributed by atoms with Crippen LogP contribution >= 0.6 is 11.6 Å². The molecular formula is C16H14ClF2NO. The van der Waals surface area contributed by atoms with Gasteiger partial charge in [-0.3, -0.25) is 0 Å². The van der Waals surface area contributed by atoms with E-state index >= 15 is 0 Å². The highest BCUT2D eigenvalue weighted by Gasteiger charge is 2.23. The number of hydrogen-bond acceptors (Lipinski definition) is 2. The van der Waals surface area contributed by atoms with Crippen LogP contribution in [0.2, 0.25) is 5.02 Å². The van der Waals surface area contributed by atoms with Crippen molar-refractivity contribution in [3.8, 4) is 5.75 Å². The van der Waals surface area contributed by atoms with Crippen LogP contribution in [0.25, 0.3) is 0 Å². The van der Waals surface area contributed by atoms with Crippen molar-refractivity contribution in [3.05, 3.63) is 58.1 Å². The molecule has 0 amide bonds. The van der Waals surface area contributed by atoms with E-state index in [2.05, 4.69) is 5.32 Å². The van der Waals surface area contributed by atoms with Gasteiger partial charge in [0.25, 0.3) is 0 Å². The Labute approximate surface area is 126 Å². The molecule has 0 aromatic heterocycles. The maximum atomic E-state index is 13.9. The Morgan fingerprint density at radius 3 is 2.90 bits per heavy atom. The summed E-state index contributed by atoms with van der Waals surface area (Å²) in [7, 11) is 0. The zero-order valence-electron chi connectivity index (χ0n) is 11.4. The molecule has 0 saturated heterocycles. The molecule has 0 aliphatic carbocycles. The SMILES string of the molecule is Cc1ccc(F)c(NCC2Cc3cc(Cl)ccc3O2)c1F. The summed E-state index contributed by atoms with van der Waals surface area (Å²) in [5.74, 6) is -0.387. The minimum absolute atomic E-state index is 0.104. The molecule has 0 spiro atoms. The number of halogens is 3. The summed E-state index contributed by atoms with van der Waals surface area (Å²) < 4.78 is 33.3. The van der Waals surface area contributed by atoms with Crippen molar-refractivity contribution >= 4 is 17.3 Å². The first-order valence-corrected chi connectivity index (χ1v) is 7.06. The van der Waals surface area contributed by atoms with E-state index in [0.717, 1.165) is 11.3 Å². The monoisotopic (exact) mass is 309 g/mol. The molecule has 0 radical (unpaired) electrons. The van der Waals surface area contributed by atoms with Crippen molar-refractivity contribution < 1.29 is 13.5 Å². The van der Waals surface area contributed by atoms with Crippen molar-refractivity contribution in [3.63, 3.8) is 0 Å². The average Bonchev–Trinajstić information content (AvgIpc) is 2.85. The van der Waals surface area contributed by atoms with Gasteiger partial charge >= 0.3 is 0 Å². The second-order valence-corrected chi connectivity index (χ2v) is 5.57. The Hall–Kier alpha value is -1.81. The van der Waals surface area contributed by atoms with Gasteiger partial charge in [-0.2, -0.15) is 0 Å². The second-order valence-electron chi connectivity index (χ2n) is 5.13. The molecule has 21 heavy (non-hydrogen) atoms. The second kappa shape index (κ2) is 5.53. The number of nitrogens with one attached hydrogen (secondary N) is 1. The zero-order chi connectivity index (χ0) is 15.0. The molecule has 0 saturated carbocycles. The smallest absolute Gasteiger partial charge is 0.152 e. The molecule has 110 valence electrons. The van der Waals surface area contributed by atoms with Crippen molar-refractivity contribution in [1.82, 2.24) is 0 Å². The highest BCUT2D eigenvalue weighted by molar-refractivity contribution is 6.30. The first-order valence-electron chi connectivity index (χ1n) is 6.68. The van der Waals surface area contributed by atoms with E-state index in [4.69, 9.17) is 16.3 Å². The molecule has 0 bridgehead atoms. The Kier molecular flexibility index (Phi) is 3.72. The van der Waals surface area contributed by atoms with Crippen LogP contribution < -0.4 is 10.1 Å². The van der Waals surface area contributed by atoms with E-state index in [1.54, 1.807) is 13.0 Å². The van der Waals surface area contributed by atoms with Gasteiger partial charge in [0, 0.05) is 11.4 Å². The fourth-order valence-electron chi connectivity index (χ4n) is 2.44. The fourth-order valence-corrected chi connectivity index (χ4v) is 2.63. The Balaban J connectivity index is 1.69. The summed E-state index contributed by atoms with van der Waals surface area (Å²) in [5, 5.41) is 3.46.